The largest absolute Gasteiger partial charge is 0.246 e. The van der Waals surface area contributed by atoms with Gasteiger partial charge in [0, 0.05) is 20.4 Å². The third-order valence-corrected chi connectivity index (χ3v) is 4.01. The second-order valence-electron chi connectivity index (χ2n) is 4.14. The van der Waals surface area contributed by atoms with Gasteiger partial charge in [-0.3, -0.25) is 0 Å². The summed E-state index contributed by atoms with van der Waals surface area (Å²) in [5, 5.41) is 2.07. The van der Waals surface area contributed by atoms with Gasteiger partial charge in [0.15, 0.2) is 0 Å². The molecule has 0 aliphatic carbocycles. The fourth-order valence-corrected chi connectivity index (χ4v) is 3.02. The Labute approximate surface area is 129 Å². The van der Waals surface area contributed by atoms with Gasteiger partial charge in [-0.15, -0.1) is 0 Å². The second-order valence-corrected chi connectivity index (χ2v) is 5.84. The van der Waals surface area contributed by atoms with Crippen molar-refractivity contribution in [3.05, 3.63) is 63.0 Å². The number of nitrogens with zero attached hydrogens (tertiary/aromatic N) is 1. The van der Waals surface area contributed by atoms with Gasteiger partial charge in [-0.2, -0.15) is 0 Å². The summed E-state index contributed by atoms with van der Waals surface area (Å²) < 4.78 is 0.931. The minimum Gasteiger partial charge on any atom is -0.246 e. The normalized spacial score (nSPS) is 10.9. The molecule has 2 aromatic carbocycles. The molecular weight excluding hydrogens is 345 g/mol. The molecule has 0 atom stereocenters. The van der Waals surface area contributed by atoms with Crippen molar-refractivity contribution in [3.8, 4) is 11.3 Å². The van der Waals surface area contributed by atoms with Crippen molar-refractivity contribution in [1.29, 1.82) is 0 Å². The predicted molar refractivity (Wildman–Crippen MR) is 84.9 cm³/mol. The number of hydrogen-bond acceptors (Lipinski definition) is 1. The molecule has 1 aromatic heterocycles. The minimum absolute atomic E-state index is 0.556. The number of benzene rings is 2. The fourth-order valence-electron chi connectivity index (χ4n) is 1.97. The lowest BCUT2D eigenvalue weighted by Gasteiger charge is -2.07. The first kappa shape index (κ1) is 12.9. The molecule has 3 rings (SSSR count). The van der Waals surface area contributed by atoms with Crippen LogP contribution in [0.3, 0.4) is 0 Å². The summed E-state index contributed by atoms with van der Waals surface area (Å²) in [6.45, 7) is 0. The molecule has 0 saturated heterocycles. The van der Waals surface area contributed by atoms with Crippen molar-refractivity contribution in [2.24, 2.45) is 0 Å². The van der Waals surface area contributed by atoms with Gasteiger partial charge in [0.05, 0.1) is 16.2 Å². The maximum Gasteiger partial charge on any atom is 0.0908 e. The summed E-state index contributed by atoms with van der Waals surface area (Å²) in [5.41, 5.74) is 2.68. The van der Waals surface area contributed by atoms with Crippen LogP contribution in [-0.2, 0) is 0 Å². The van der Waals surface area contributed by atoms with Crippen molar-refractivity contribution in [2.75, 3.05) is 0 Å². The van der Waals surface area contributed by atoms with Crippen LogP contribution in [0.2, 0.25) is 10.0 Å². The van der Waals surface area contributed by atoms with E-state index in [-0.39, 0.29) is 0 Å². The highest BCUT2D eigenvalue weighted by Gasteiger charge is 2.09. The topological polar surface area (TPSA) is 12.9 Å². The number of pyridine rings is 1. The first-order chi connectivity index (χ1) is 9.15. The highest BCUT2D eigenvalue weighted by atomic mass is 79.9. The molecule has 0 amide bonds. The number of hydrogen-bond donors (Lipinski definition) is 0. The Morgan fingerprint density at radius 2 is 1.68 bits per heavy atom. The molecule has 0 spiro atoms. The average Bonchev–Trinajstić information content (AvgIpc) is 2.41. The molecule has 0 aliphatic heterocycles. The van der Waals surface area contributed by atoms with Crippen molar-refractivity contribution < 1.29 is 0 Å². The number of fused-ring (bicyclic) bond motifs is 1. The molecule has 0 aliphatic rings. The summed E-state index contributed by atoms with van der Waals surface area (Å²) >= 11 is 15.8. The van der Waals surface area contributed by atoms with E-state index in [2.05, 4.69) is 20.9 Å². The molecule has 0 unspecified atom stereocenters. The highest BCUT2D eigenvalue weighted by Crippen LogP contribution is 2.34. The summed E-state index contributed by atoms with van der Waals surface area (Å²) in [6, 6.07) is 15.5. The molecule has 0 N–H and O–H groups in total. The van der Waals surface area contributed by atoms with E-state index in [0.29, 0.717) is 10.0 Å². The van der Waals surface area contributed by atoms with Gasteiger partial charge in [-0.25, -0.2) is 4.98 Å². The maximum absolute atomic E-state index is 6.23. The van der Waals surface area contributed by atoms with E-state index in [0.717, 1.165) is 26.6 Å². The molecule has 1 heterocycles. The standard InChI is InChI=1S/C15H8BrCl2N/c16-12-8-14(9-4-2-1-3-5-9)19-15-11(12)6-10(17)7-13(15)18/h1-8H. The van der Waals surface area contributed by atoms with E-state index in [4.69, 9.17) is 23.2 Å². The number of halogens is 3. The monoisotopic (exact) mass is 351 g/mol. The van der Waals surface area contributed by atoms with Gasteiger partial charge in [0.2, 0.25) is 0 Å². The van der Waals surface area contributed by atoms with E-state index in [9.17, 15) is 0 Å². The fraction of sp³-hybridized carbons (Fsp3) is 0. The van der Waals surface area contributed by atoms with Crippen LogP contribution >= 0.6 is 39.1 Å². The van der Waals surface area contributed by atoms with Gasteiger partial charge < -0.3 is 0 Å². The van der Waals surface area contributed by atoms with Gasteiger partial charge in [0.1, 0.15) is 0 Å². The van der Waals surface area contributed by atoms with Crippen LogP contribution < -0.4 is 0 Å². The van der Waals surface area contributed by atoms with E-state index >= 15 is 0 Å². The molecule has 0 bridgehead atoms. The Morgan fingerprint density at radius 3 is 2.42 bits per heavy atom. The lowest BCUT2D eigenvalue weighted by Crippen LogP contribution is -1.88. The van der Waals surface area contributed by atoms with Crippen LogP contribution in [0.4, 0.5) is 0 Å². The lowest BCUT2D eigenvalue weighted by atomic mass is 10.1. The Kier molecular flexibility index (Phi) is 3.48. The molecule has 0 radical (unpaired) electrons. The van der Waals surface area contributed by atoms with E-state index in [1.165, 1.54) is 0 Å². The Hall–Kier alpha value is -1.09. The molecule has 94 valence electrons. The SMILES string of the molecule is Clc1cc(Cl)c2nc(-c3ccccc3)cc(Br)c2c1. The molecular formula is C15H8BrCl2N. The molecule has 3 aromatic rings. The first-order valence-corrected chi connectivity index (χ1v) is 7.21. The Morgan fingerprint density at radius 1 is 0.947 bits per heavy atom. The quantitative estimate of drug-likeness (QED) is 0.525. The van der Waals surface area contributed by atoms with Crippen LogP contribution in [-0.4, -0.2) is 4.98 Å². The zero-order chi connectivity index (χ0) is 13.4. The summed E-state index contributed by atoms with van der Waals surface area (Å²) in [4.78, 5) is 4.63. The Bertz CT molecular complexity index is 757. The molecule has 0 fully saturated rings. The molecule has 19 heavy (non-hydrogen) atoms. The van der Waals surface area contributed by atoms with Crippen molar-refractivity contribution in [3.63, 3.8) is 0 Å². The lowest BCUT2D eigenvalue weighted by molar-refractivity contribution is 1.39. The van der Waals surface area contributed by atoms with Crippen LogP contribution in [0.5, 0.6) is 0 Å². The molecule has 0 saturated carbocycles. The zero-order valence-electron chi connectivity index (χ0n) is 9.70. The summed E-state index contributed by atoms with van der Waals surface area (Å²) in [7, 11) is 0. The predicted octanol–water partition coefficient (Wildman–Crippen LogP) is 5.97. The highest BCUT2D eigenvalue weighted by molar-refractivity contribution is 9.10. The van der Waals surface area contributed by atoms with E-state index in [1.807, 2.05) is 42.5 Å². The molecule has 1 nitrogen and oxygen atoms in total. The van der Waals surface area contributed by atoms with Gasteiger partial charge in [0.25, 0.3) is 0 Å². The van der Waals surface area contributed by atoms with Gasteiger partial charge in [-0.05, 0) is 18.2 Å². The van der Waals surface area contributed by atoms with Crippen molar-refractivity contribution >= 4 is 50.0 Å². The summed E-state index contributed by atoms with van der Waals surface area (Å²) in [6.07, 6.45) is 0. The van der Waals surface area contributed by atoms with Gasteiger partial charge in [-0.1, -0.05) is 69.5 Å². The Balaban J connectivity index is 2.31. The molecule has 4 heteroatoms. The maximum atomic E-state index is 6.23. The van der Waals surface area contributed by atoms with Crippen LogP contribution in [0.15, 0.2) is 53.0 Å². The van der Waals surface area contributed by atoms with E-state index in [1.54, 1.807) is 6.07 Å². The summed E-state index contributed by atoms with van der Waals surface area (Å²) in [5.74, 6) is 0. The van der Waals surface area contributed by atoms with Crippen molar-refractivity contribution in [2.45, 2.75) is 0 Å². The smallest absolute Gasteiger partial charge is 0.0908 e. The van der Waals surface area contributed by atoms with Crippen LogP contribution in [0.1, 0.15) is 0 Å². The second kappa shape index (κ2) is 5.12. The van der Waals surface area contributed by atoms with E-state index < -0.39 is 0 Å². The van der Waals surface area contributed by atoms with Crippen LogP contribution in [0.25, 0.3) is 22.2 Å². The first-order valence-electron chi connectivity index (χ1n) is 5.66. The zero-order valence-corrected chi connectivity index (χ0v) is 12.8. The third-order valence-electron chi connectivity index (χ3n) is 2.85. The number of rotatable bonds is 1. The van der Waals surface area contributed by atoms with Gasteiger partial charge >= 0.3 is 0 Å². The van der Waals surface area contributed by atoms with Crippen molar-refractivity contribution in [1.82, 2.24) is 4.98 Å². The third kappa shape index (κ3) is 2.48. The average molecular weight is 353 g/mol. The minimum atomic E-state index is 0.556. The number of aromatic nitrogens is 1. The van der Waals surface area contributed by atoms with Crippen LogP contribution in [0, 0.1) is 0 Å².